The Balaban J connectivity index is 2.17. The summed E-state index contributed by atoms with van der Waals surface area (Å²) in [4.78, 5) is 13.6. The maximum atomic E-state index is 13.7. The van der Waals surface area contributed by atoms with E-state index < -0.39 is 23.1 Å². The molecule has 0 aromatic heterocycles. The lowest BCUT2D eigenvalue weighted by Crippen LogP contribution is -2.30. The summed E-state index contributed by atoms with van der Waals surface area (Å²) in [5, 5.41) is 0. The summed E-state index contributed by atoms with van der Waals surface area (Å²) in [5.41, 5.74) is -0.477. The Kier molecular flexibility index (Phi) is 4.79. The molecule has 2 rings (SSSR count). The van der Waals surface area contributed by atoms with Crippen molar-refractivity contribution in [1.82, 2.24) is 4.90 Å². The molecule has 1 aromatic rings. The van der Waals surface area contributed by atoms with Crippen LogP contribution in [-0.2, 0) is 0 Å². The summed E-state index contributed by atoms with van der Waals surface area (Å²) in [6.45, 7) is 1.04. The molecule has 0 N–H and O–H groups in total. The van der Waals surface area contributed by atoms with Crippen LogP contribution in [0.25, 0.3) is 0 Å². The number of hydrogen-bond donors (Lipinski definition) is 0. The number of benzene rings is 1. The van der Waals surface area contributed by atoms with Crippen molar-refractivity contribution in [2.75, 3.05) is 19.0 Å². The molecule has 1 fully saturated rings. The van der Waals surface area contributed by atoms with Gasteiger partial charge in [0.05, 0.1) is 0 Å². The highest BCUT2D eigenvalue weighted by Crippen LogP contribution is 2.25. The number of hydrogen-bond acceptors (Lipinski definition) is 1. The van der Waals surface area contributed by atoms with Gasteiger partial charge in [-0.05, 0) is 30.9 Å². The molecule has 1 amide bonds. The van der Waals surface area contributed by atoms with Crippen LogP contribution < -0.4 is 0 Å². The highest BCUT2D eigenvalue weighted by Gasteiger charge is 2.29. The van der Waals surface area contributed by atoms with Crippen molar-refractivity contribution in [3.63, 3.8) is 0 Å². The van der Waals surface area contributed by atoms with E-state index in [1.54, 1.807) is 0 Å². The Morgan fingerprint density at radius 2 is 2.05 bits per heavy atom. The number of alkyl halides is 1. The van der Waals surface area contributed by atoms with Crippen LogP contribution in [0.4, 0.5) is 8.78 Å². The quantitative estimate of drug-likeness (QED) is 0.757. The molecule has 6 heteroatoms. The van der Waals surface area contributed by atoms with E-state index in [4.69, 9.17) is 11.6 Å². The first-order chi connectivity index (χ1) is 9.02. The molecule has 2 nitrogen and oxygen atoms in total. The molecule has 0 spiro atoms. The molecule has 1 atom stereocenters. The summed E-state index contributed by atoms with van der Waals surface area (Å²) in [6.07, 6.45) is 1.65. The maximum absolute atomic E-state index is 13.7. The fourth-order valence-electron chi connectivity index (χ4n) is 2.31. The fraction of sp³-hybridized carbons (Fsp3) is 0.462. The molecule has 1 saturated heterocycles. The number of nitrogens with zero attached hydrogens (tertiary/aromatic N) is 1. The first kappa shape index (κ1) is 14.7. The Labute approximate surface area is 123 Å². The topological polar surface area (TPSA) is 20.3 Å². The molecule has 1 aliphatic heterocycles. The minimum atomic E-state index is -0.835. The zero-order valence-corrected chi connectivity index (χ0v) is 12.5. The molecule has 19 heavy (non-hydrogen) atoms. The van der Waals surface area contributed by atoms with Crippen LogP contribution >= 0.6 is 27.5 Å². The van der Waals surface area contributed by atoms with Gasteiger partial charge < -0.3 is 4.90 Å². The van der Waals surface area contributed by atoms with E-state index >= 15 is 0 Å². The van der Waals surface area contributed by atoms with E-state index in [-0.39, 0.29) is 4.47 Å². The van der Waals surface area contributed by atoms with E-state index in [9.17, 15) is 13.6 Å². The number of likely N-dealkylation sites (tertiary alicyclic amines) is 1. The van der Waals surface area contributed by atoms with Crippen LogP contribution in [0.2, 0.25) is 0 Å². The van der Waals surface area contributed by atoms with Gasteiger partial charge in [-0.3, -0.25) is 4.79 Å². The second-order valence-corrected chi connectivity index (χ2v) is 5.92. The monoisotopic (exact) mass is 351 g/mol. The van der Waals surface area contributed by atoms with Gasteiger partial charge in [0.25, 0.3) is 5.91 Å². The van der Waals surface area contributed by atoms with E-state index in [1.165, 1.54) is 4.90 Å². The Morgan fingerprint density at radius 3 is 2.63 bits per heavy atom. The van der Waals surface area contributed by atoms with Gasteiger partial charge in [0.15, 0.2) is 0 Å². The summed E-state index contributed by atoms with van der Waals surface area (Å²) >= 11 is 8.66. The fourth-order valence-corrected chi connectivity index (χ4v) is 3.02. The lowest BCUT2D eigenvalue weighted by Gasteiger charge is -2.17. The van der Waals surface area contributed by atoms with Crippen LogP contribution in [0.15, 0.2) is 16.6 Å². The van der Waals surface area contributed by atoms with Crippen LogP contribution in [-0.4, -0.2) is 29.8 Å². The molecule has 1 aromatic carbocycles. The third-order valence-corrected chi connectivity index (χ3v) is 3.99. The molecule has 1 heterocycles. The number of amides is 1. The largest absolute Gasteiger partial charge is 0.338 e. The first-order valence-electron chi connectivity index (χ1n) is 6.02. The van der Waals surface area contributed by atoms with Gasteiger partial charge in [0.2, 0.25) is 0 Å². The van der Waals surface area contributed by atoms with E-state index in [1.807, 2.05) is 0 Å². The van der Waals surface area contributed by atoms with Crippen molar-refractivity contribution >= 4 is 33.4 Å². The highest BCUT2D eigenvalue weighted by atomic mass is 79.9. The predicted molar refractivity (Wildman–Crippen MR) is 73.4 cm³/mol. The van der Waals surface area contributed by atoms with E-state index in [0.29, 0.717) is 24.9 Å². The van der Waals surface area contributed by atoms with Crippen LogP contribution in [0.1, 0.15) is 23.2 Å². The van der Waals surface area contributed by atoms with Gasteiger partial charge in [-0.25, -0.2) is 8.78 Å². The number of halogens is 4. The van der Waals surface area contributed by atoms with Crippen LogP contribution in [0, 0.1) is 17.6 Å². The Bertz CT molecular complexity index is 475. The Morgan fingerprint density at radius 1 is 1.42 bits per heavy atom. The normalized spacial score (nSPS) is 18.9. The molecule has 0 saturated carbocycles. The molecular weight excluding hydrogens is 340 g/mol. The molecule has 1 aliphatic rings. The van der Waals surface area contributed by atoms with Crippen molar-refractivity contribution in [3.8, 4) is 0 Å². The minimum Gasteiger partial charge on any atom is -0.338 e. The third kappa shape index (κ3) is 3.26. The molecular formula is C13H13BrClF2NO. The second kappa shape index (κ2) is 6.18. The highest BCUT2D eigenvalue weighted by molar-refractivity contribution is 9.10. The van der Waals surface area contributed by atoms with Crippen molar-refractivity contribution in [2.45, 2.75) is 12.8 Å². The van der Waals surface area contributed by atoms with Gasteiger partial charge in [0, 0.05) is 23.4 Å². The lowest BCUT2D eigenvalue weighted by molar-refractivity contribution is 0.0777. The molecule has 0 radical (unpaired) electrons. The summed E-state index contributed by atoms with van der Waals surface area (Å²) < 4.78 is 27.7. The van der Waals surface area contributed by atoms with Crippen LogP contribution in [0.3, 0.4) is 0 Å². The third-order valence-electron chi connectivity index (χ3n) is 3.31. The first-order valence-corrected chi connectivity index (χ1v) is 7.35. The Hall–Kier alpha value is -0.680. The smallest absolute Gasteiger partial charge is 0.259 e. The number of carbonyl (C=O) groups excluding carboxylic acids is 1. The molecule has 104 valence electrons. The standard InChI is InChI=1S/C13H13BrClF2NO/c14-9-5-10(16)12(11(17)6-9)13(19)18-4-2-8(7-18)1-3-15/h5-6,8H,1-4,7H2. The van der Waals surface area contributed by atoms with Crippen molar-refractivity contribution in [2.24, 2.45) is 5.92 Å². The minimum absolute atomic E-state index is 0.278. The van der Waals surface area contributed by atoms with E-state index in [2.05, 4.69) is 15.9 Å². The average Bonchev–Trinajstić information content (AvgIpc) is 2.76. The molecule has 1 unspecified atom stereocenters. The SMILES string of the molecule is O=C(c1c(F)cc(Br)cc1F)N1CCC(CCCl)C1. The summed E-state index contributed by atoms with van der Waals surface area (Å²) in [6, 6.07) is 2.20. The predicted octanol–water partition coefficient (Wildman–Crippen LogP) is 3.82. The lowest BCUT2D eigenvalue weighted by atomic mass is 10.1. The number of rotatable bonds is 3. The summed E-state index contributed by atoms with van der Waals surface area (Å²) in [7, 11) is 0. The van der Waals surface area contributed by atoms with Crippen molar-refractivity contribution in [3.05, 3.63) is 33.8 Å². The maximum Gasteiger partial charge on any atom is 0.259 e. The van der Waals surface area contributed by atoms with Gasteiger partial charge in [0.1, 0.15) is 17.2 Å². The van der Waals surface area contributed by atoms with Crippen molar-refractivity contribution < 1.29 is 13.6 Å². The zero-order chi connectivity index (χ0) is 14.0. The average molecular weight is 353 g/mol. The number of carbonyl (C=O) groups is 1. The van der Waals surface area contributed by atoms with E-state index in [0.717, 1.165) is 25.0 Å². The van der Waals surface area contributed by atoms with Gasteiger partial charge in [-0.15, -0.1) is 11.6 Å². The van der Waals surface area contributed by atoms with Gasteiger partial charge >= 0.3 is 0 Å². The van der Waals surface area contributed by atoms with Crippen LogP contribution in [0.5, 0.6) is 0 Å². The van der Waals surface area contributed by atoms with Crippen molar-refractivity contribution in [1.29, 1.82) is 0 Å². The second-order valence-electron chi connectivity index (χ2n) is 4.63. The zero-order valence-electron chi connectivity index (χ0n) is 10.1. The molecule has 0 bridgehead atoms. The molecule has 0 aliphatic carbocycles. The summed E-state index contributed by atoms with van der Waals surface area (Å²) in [5.74, 6) is -1.40. The van der Waals surface area contributed by atoms with Gasteiger partial charge in [-0.1, -0.05) is 15.9 Å². The van der Waals surface area contributed by atoms with Gasteiger partial charge in [-0.2, -0.15) is 0 Å².